The first-order valence-electron chi connectivity index (χ1n) is 6.32. The normalized spacial score (nSPS) is 10.5. The van der Waals surface area contributed by atoms with Gasteiger partial charge in [-0.05, 0) is 65.3 Å². The summed E-state index contributed by atoms with van der Waals surface area (Å²) in [5.74, 6) is -0.177. The van der Waals surface area contributed by atoms with E-state index < -0.39 is 4.92 Å². The summed E-state index contributed by atoms with van der Waals surface area (Å²) in [6.45, 7) is 4.01. The number of halogens is 2. The molecule has 0 saturated carbocycles. The van der Waals surface area contributed by atoms with E-state index in [0.717, 1.165) is 11.3 Å². The van der Waals surface area contributed by atoms with Crippen LogP contribution < -0.4 is 5.32 Å². The van der Waals surface area contributed by atoms with Crippen LogP contribution in [-0.4, -0.2) is 4.92 Å². The van der Waals surface area contributed by atoms with E-state index in [2.05, 4.69) is 5.32 Å². The summed E-state index contributed by atoms with van der Waals surface area (Å²) in [5.41, 5.74) is 3.09. The van der Waals surface area contributed by atoms with Crippen molar-refractivity contribution in [2.75, 3.05) is 5.32 Å². The molecule has 0 atom stereocenters. The van der Waals surface area contributed by atoms with Gasteiger partial charge >= 0.3 is 0 Å². The molecule has 0 radical (unpaired) electrons. The van der Waals surface area contributed by atoms with Crippen LogP contribution in [0.5, 0.6) is 0 Å². The zero-order valence-corrected chi connectivity index (χ0v) is 13.8. The summed E-state index contributed by atoms with van der Waals surface area (Å²) in [6.07, 6.45) is 0. The highest BCUT2D eigenvalue weighted by Crippen LogP contribution is 2.24. The molecule has 0 bridgehead atoms. The number of nitrogens with one attached hydrogen (secondary N) is 1. The summed E-state index contributed by atoms with van der Waals surface area (Å²) in [5, 5.41) is 14.0. The van der Waals surface area contributed by atoms with Crippen molar-refractivity contribution < 1.29 is 9.31 Å². The van der Waals surface area contributed by atoms with Gasteiger partial charge in [0.15, 0.2) is 0 Å². The Morgan fingerprint density at radius 3 is 2.38 bits per heavy atom. The first kappa shape index (κ1) is 15.7. The molecule has 2 rings (SSSR count). The van der Waals surface area contributed by atoms with Gasteiger partial charge in [-0.25, -0.2) is 4.39 Å². The molecule has 0 amide bonds. The van der Waals surface area contributed by atoms with Crippen molar-refractivity contribution in [3.05, 3.63) is 66.5 Å². The number of hydrogen-bond donors (Lipinski definition) is 1. The second-order valence-electron chi connectivity index (χ2n) is 4.82. The third-order valence-corrected chi connectivity index (χ3v) is 4.00. The molecule has 0 saturated heterocycles. The Labute approximate surface area is 135 Å². The molecule has 0 unspecified atom stereocenters. The highest BCUT2D eigenvalue weighted by Gasteiger charge is 2.11. The van der Waals surface area contributed by atoms with Crippen LogP contribution in [0.3, 0.4) is 0 Å². The number of benzene rings is 2. The molecule has 110 valence electrons. The minimum atomic E-state index is -0.405. The topological polar surface area (TPSA) is 55.2 Å². The predicted molar refractivity (Wildman–Crippen MR) is 89.0 cm³/mol. The van der Waals surface area contributed by atoms with Crippen LogP contribution in [0.15, 0.2) is 30.3 Å². The molecule has 0 aromatic heterocycles. The summed E-state index contributed by atoms with van der Waals surface area (Å²) in [6, 6.07) is 8.47. The molecule has 2 aromatic carbocycles. The lowest BCUT2D eigenvalue weighted by atomic mass is 10.1. The maximum atomic E-state index is 13.6. The maximum absolute atomic E-state index is 13.6. The monoisotopic (exact) mass is 400 g/mol. The van der Waals surface area contributed by atoms with Crippen LogP contribution in [0.4, 0.5) is 15.8 Å². The van der Waals surface area contributed by atoms with E-state index in [1.165, 1.54) is 6.07 Å². The Bertz CT molecular complexity index is 681. The van der Waals surface area contributed by atoms with E-state index in [1.54, 1.807) is 38.1 Å². The van der Waals surface area contributed by atoms with E-state index >= 15 is 0 Å². The molecule has 0 fully saturated rings. The molecule has 0 aliphatic carbocycles. The van der Waals surface area contributed by atoms with Gasteiger partial charge in [0.05, 0.1) is 8.49 Å². The molecule has 2 aromatic rings. The average Bonchev–Trinajstić information content (AvgIpc) is 2.42. The molecule has 0 spiro atoms. The fourth-order valence-corrected chi connectivity index (χ4v) is 2.82. The standard InChI is InChI=1S/C15H14FIN2O2/c1-9-5-11(6-10(2)15(9)16)8-18-12-3-4-14(19(20)21)13(17)7-12/h3-7,18H,8H2,1-2H3. The fourth-order valence-electron chi connectivity index (χ4n) is 2.11. The molecule has 6 heteroatoms. The number of aryl methyl sites for hydroxylation is 2. The van der Waals surface area contributed by atoms with Crippen LogP contribution in [-0.2, 0) is 6.54 Å². The van der Waals surface area contributed by atoms with Crippen molar-refractivity contribution in [2.45, 2.75) is 20.4 Å². The van der Waals surface area contributed by atoms with Gasteiger partial charge in [-0.3, -0.25) is 10.1 Å². The van der Waals surface area contributed by atoms with Crippen LogP contribution in [0.1, 0.15) is 16.7 Å². The summed E-state index contributed by atoms with van der Waals surface area (Å²) in [7, 11) is 0. The van der Waals surface area contributed by atoms with Crippen molar-refractivity contribution in [2.24, 2.45) is 0 Å². The zero-order valence-electron chi connectivity index (χ0n) is 11.6. The van der Waals surface area contributed by atoms with Crippen LogP contribution in [0.2, 0.25) is 0 Å². The molecular formula is C15H14FIN2O2. The Morgan fingerprint density at radius 1 is 1.24 bits per heavy atom. The zero-order chi connectivity index (χ0) is 15.6. The molecular weight excluding hydrogens is 386 g/mol. The number of nitro groups is 1. The Kier molecular flexibility index (Phi) is 4.76. The second kappa shape index (κ2) is 6.38. The predicted octanol–water partition coefficient (Wildman–Crippen LogP) is 4.57. The van der Waals surface area contributed by atoms with Crippen molar-refractivity contribution in [3.8, 4) is 0 Å². The third-order valence-electron chi connectivity index (χ3n) is 3.14. The highest BCUT2D eigenvalue weighted by atomic mass is 127. The minimum Gasteiger partial charge on any atom is -0.381 e. The minimum absolute atomic E-state index is 0.0922. The van der Waals surface area contributed by atoms with Gasteiger partial charge in [0.25, 0.3) is 5.69 Å². The Morgan fingerprint density at radius 2 is 1.86 bits per heavy atom. The lowest BCUT2D eigenvalue weighted by Crippen LogP contribution is -2.02. The smallest absolute Gasteiger partial charge is 0.282 e. The molecule has 4 nitrogen and oxygen atoms in total. The van der Waals surface area contributed by atoms with Gasteiger partial charge in [0.2, 0.25) is 0 Å². The highest BCUT2D eigenvalue weighted by molar-refractivity contribution is 14.1. The van der Waals surface area contributed by atoms with E-state index in [-0.39, 0.29) is 11.5 Å². The number of nitro benzene ring substituents is 1. The van der Waals surface area contributed by atoms with Gasteiger partial charge in [-0.2, -0.15) is 0 Å². The van der Waals surface area contributed by atoms with Crippen molar-refractivity contribution in [1.82, 2.24) is 0 Å². The first-order valence-corrected chi connectivity index (χ1v) is 7.40. The van der Waals surface area contributed by atoms with Crippen molar-refractivity contribution in [1.29, 1.82) is 0 Å². The van der Waals surface area contributed by atoms with E-state index in [4.69, 9.17) is 0 Å². The van der Waals surface area contributed by atoms with E-state index in [0.29, 0.717) is 21.2 Å². The van der Waals surface area contributed by atoms with Crippen LogP contribution in [0.25, 0.3) is 0 Å². The Balaban J connectivity index is 2.13. The van der Waals surface area contributed by atoms with Crippen LogP contribution in [0, 0.1) is 33.3 Å². The van der Waals surface area contributed by atoms with Crippen molar-refractivity contribution >= 4 is 34.0 Å². The number of nitrogens with zero attached hydrogens (tertiary/aromatic N) is 1. The van der Waals surface area contributed by atoms with Gasteiger partial charge in [0.1, 0.15) is 5.82 Å². The average molecular weight is 400 g/mol. The first-order chi connectivity index (χ1) is 9.88. The summed E-state index contributed by atoms with van der Waals surface area (Å²) < 4.78 is 14.1. The molecule has 1 N–H and O–H groups in total. The maximum Gasteiger partial charge on any atom is 0.282 e. The number of anilines is 1. The SMILES string of the molecule is Cc1cc(CNc2ccc([N+](=O)[O-])c(I)c2)cc(C)c1F. The number of hydrogen-bond acceptors (Lipinski definition) is 3. The number of rotatable bonds is 4. The molecule has 0 aliphatic rings. The molecule has 0 heterocycles. The van der Waals surface area contributed by atoms with Gasteiger partial charge in [-0.1, -0.05) is 12.1 Å². The molecule has 0 aliphatic heterocycles. The van der Waals surface area contributed by atoms with Gasteiger partial charge < -0.3 is 5.32 Å². The lowest BCUT2D eigenvalue weighted by molar-refractivity contribution is -0.385. The van der Waals surface area contributed by atoms with E-state index in [9.17, 15) is 14.5 Å². The quantitative estimate of drug-likeness (QED) is 0.465. The van der Waals surface area contributed by atoms with Crippen molar-refractivity contribution in [3.63, 3.8) is 0 Å². The van der Waals surface area contributed by atoms with E-state index in [1.807, 2.05) is 22.6 Å². The largest absolute Gasteiger partial charge is 0.381 e. The van der Waals surface area contributed by atoms with Crippen LogP contribution >= 0.6 is 22.6 Å². The summed E-state index contributed by atoms with van der Waals surface area (Å²) >= 11 is 1.94. The van der Waals surface area contributed by atoms with Gasteiger partial charge in [0, 0.05) is 18.3 Å². The lowest BCUT2D eigenvalue weighted by Gasteiger charge is -2.10. The summed E-state index contributed by atoms with van der Waals surface area (Å²) in [4.78, 5) is 10.4. The third kappa shape index (κ3) is 3.69. The fraction of sp³-hybridized carbons (Fsp3) is 0.200. The molecule has 21 heavy (non-hydrogen) atoms. The second-order valence-corrected chi connectivity index (χ2v) is 5.98. The Hall–Kier alpha value is -1.70. The van der Waals surface area contributed by atoms with Gasteiger partial charge in [-0.15, -0.1) is 0 Å².